The number of hydrogen-bond donors (Lipinski definition) is 2. The van der Waals surface area contributed by atoms with E-state index in [0.717, 1.165) is 10.5 Å². The maximum absolute atomic E-state index is 12.5. The highest BCUT2D eigenvalue weighted by Gasteiger charge is 2.13. The van der Waals surface area contributed by atoms with E-state index in [9.17, 15) is 19.7 Å². The average Bonchev–Trinajstić information content (AvgIpc) is 3.40. The summed E-state index contributed by atoms with van der Waals surface area (Å²) in [6, 6.07) is 17.9. The second-order valence-corrected chi connectivity index (χ2v) is 9.64. The molecular weight excluding hydrogens is 528 g/mol. The number of benzene rings is 3. The number of hydrogen-bond acceptors (Lipinski definition) is 9. The van der Waals surface area contributed by atoms with E-state index in [4.69, 9.17) is 9.47 Å². The van der Waals surface area contributed by atoms with E-state index in [1.807, 2.05) is 23.6 Å². The van der Waals surface area contributed by atoms with Gasteiger partial charge in [0.2, 0.25) is 5.91 Å². The lowest BCUT2D eigenvalue weighted by Gasteiger charge is -2.08. The third-order valence-corrected chi connectivity index (χ3v) is 6.98. The van der Waals surface area contributed by atoms with Gasteiger partial charge in [-0.15, -0.1) is 23.1 Å². The molecule has 0 aliphatic rings. The van der Waals surface area contributed by atoms with E-state index in [-0.39, 0.29) is 17.3 Å². The Balaban J connectivity index is 1.32. The summed E-state index contributed by atoms with van der Waals surface area (Å²) in [6.07, 6.45) is 0. The lowest BCUT2D eigenvalue weighted by molar-refractivity contribution is -0.384. The summed E-state index contributed by atoms with van der Waals surface area (Å²) in [5.74, 6) is 0.737. The number of thiazole rings is 1. The van der Waals surface area contributed by atoms with Crippen LogP contribution in [0.15, 0.2) is 77.0 Å². The number of nitro benzene ring substituents is 1. The van der Waals surface area contributed by atoms with Crippen molar-refractivity contribution >= 4 is 51.4 Å². The van der Waals surface area contributed by atoms with Gasteiger partial charge in [0.1, 0.15) is 0 Å². The van der Waals surface area contributed by atoms with Crippen molar-refractivity contribution in [2.75, 3.05) is 30.6 Å². The second-order valence-electron chi connectivity index (χ2n) is 7.73. The molecule has 0 aliphatic heterocycles. The van der Waals surface area contributed by atoms with Crippen LogP contribution in [0.3, 0.4) is 0 Å². The Kier molecular flexibility index (Phi) is 8.56. The predicted octanol–water partition coefficient (Wildman–Crippen LogP) is 5.72. The highest BCUT2D eigenvalue weighted by molar-refractivity contribution is 8.00. The monoisotopic (exact) mass is 550 g/mol. The minimum absolute atomic E-state index is 0.0897. The lowest BCUT2D eigenvalue weighted by atomic mass is 10.1. The number of thioether (sulfide) groups is 1. The van der Waals surface area contributed by atoms with Crippen LogP contribution in [0.4, 0.5) is 16.5 Å². The normalized spacial score (nSPS) is 10.5. The average molecular weight is 551 g/mol. The molecule has 3 aromatic carbocycles. The van der Waals surface area contributed by atoms with Crippen molar-refractivity contribution in [3.8, 4) is 22.8 Å². The third kappa shape index (κ3) is 6.66. The van der Waals surface area contributed by atoms with E-state index in [0.29, 0.717) is 33.6 Å². The number of nitrogens with one attached hydrogen (secondary N) is 2. The molecule has 2 N–H and O–H groups in total. The van der Waals surface area contributed by atoms with Crippen LogP contribution in [0.5, 0.6) is 11.5 Å². The molecule has 4 rings (SSSR count). The Labute approximate surface area is 226 Å². The number of carbonyl (C=O) groups is 2. The highest BCUT2D eigenvalue weighted by atomic mass is 32.2. The summed E-state index contributed by atoms with van der Waals surface area (Å²) in [7, 11) is 3.13. The molecule has 38 heavy (non-hydrogen) atoms. The molecule has 0 spiro atoms. The quantitative estimate of drug-likeness (QED) is 0.146. The number of amides is 2. The van der Waals surface area contributed by atoms with Gasteiger partial charge in [-0.2, -0.15) is 0 Å². The molecule has 0 radical (unpaired) electrons. The van der Waals surface area contributed by atoms with E-state index in [1.54, 1.807) is 38.5 Å². The van der Waals surface area contributed by atoms with Gasteiger partial charge in [0, 0.05) is 39.2 Å². The molecule has 0 bridgehead atoms. The predicted molar refractivity (Wildman–Crippen MR) is 147 cm³/mol. The van der Waals surface area contributed by atoms with Crippen LogP contribution in [0.2, 0.25) is 0 Å². The molecule has 1 heterocycles. The minimum atomic E-state index is -0.524. The molecule has 0 aliphatic carbocycles. The van der Waals surface area contributed by atoms with Crippen molar-refractivity contribution in [1.82, 2.24) is 4.98 Å². The number of carbonyl (C=O) groups excluding carboxylic acids is 2. The topological polar surface area (TPSA) is 133 Å². The van der Waals surface area contributed by atoms with Crippen molar-refractivity contribution in [1.29, 1.82) is 0 Å². The standard InChI is InChI=1S/C26H22N4O6S2/c1-35-22-11-8-17(12-23(22)36-2)21-14-38-26(28-21)29-24(31)15-37-20-5-3-4-18(13-20)27-25(32)16-6-9-19(10-7-16)30(33)34/h3-14H,15H2,1-2H3,(H,27,32)(H,28,29,31). The Hall–Kier alpha value is -4.42. The van der Waals surface area contributed by atoms with Gasteiger partial charge < -0.3 is 20.1 Å². The van der Waals surface area contributed by atoms with E-state index < -0.39 is 10.8 Å². The van der Waals surface area contributed by atoms with Gasteiger partial charge in [-0.25, -0.2) is 4.98 Å². The number of nitrogens with zero attached hydrogens (tertiary/aromatic N) is 2. The summed E-state index contributed by atoms with van der Waals surface area (Å²) >= 11 is 2.63. The molecule has 0 fully saturated rings. The van der Waals surface area contributed by atoms with E-state index >= 15 is 0 Å². The van der Waals surface area contributed by atoms with Crippen LogP contribution in [-0.4, -0.2) is 41.7 Å². The van der Waals surface area contributed by atoms with Gasteiger partial charge in [0.05, 0.1) is 30.6 Å². The molecule has 1 aromatic heterocycles. The fourth-order valence-corrected chi connectivity index (χ4v) is 4.86. The van der Waals surface area contributed by atoms with Gasteiger partial charge in [-0.3, -0.25) is 19.7 Å². The SMILES string of the molecule is COc1ccc(-c2csc(NC(=O)CSc3cccc(NC(=O)c4ccc([N+](=O)[O-])cc4)c3)n2)cc1OC. The van der Waals surface area contributed by atoms with Gasteiger partial charge in [0.25, 0.3) is 11.6 Å². The Bertz CT molecular complexity index is 1470. The van der Waals surface area contributed by atoms with Crippen molar-refractivity contribution in [2.45, 2.75) is 4.90 Å². The maximum Gasteiger partial charge on any atom is 0.269 e. The van der Waals surface area contributed by atoms with Crippen LogP contribution in [0.1, 0.15) is 10.4 Å². The second kappa shape index (κ2) is 12.2. The first-order valence-corrected chi connectivity index (χ1v) is 13.0. The molecule has 10 nitrogen and oxygen atoms in total. The van der Waals surface area contributed by atoms with Crippen LogP contribution in [0.25, 0.3) is 11.3 Å². The smallest absolute Gasteiger partial charge is 0.269 e. The van der Waals surface area contributed by atoms with Gasteiger partial charge in [-0.1, -0.05) is 6.07 Å². The van der Waals surface area contributed by atoms with Crippen molar-refractivity contribution in [3.63, 3.8) is 0 Å². The first-order chi connectivity index (χ1) is 18.4. The highest BCUT2D eigenvalue weighted by Crippen LogP contribution is 2.33. The van der Waals surface area contributed by atoms with Crippen LogP contribution < -0.4 is 20.1 Å². The minimum Gasteiger partial charge on any atom is -0.493 e. The molecule has 194 valence electrons. The van der Waals surface area contributed by atoms with Crippen molar-refractivity contribution in [3.05, 3.63) is 87.8 Å². The summed E-state index contributed by atoms with van der Waals surface area (Å²) in [4.78, 5) is 40.5. The third-order valence-electron chi connectivity index (χ3n) is 5.23. The number of methoxy groups -OCH3 is 2. The maximum atomic E-state index is 12.5. The lowest BCUT2D eigenvalue weighted by Crippen LogP contribution is -2.14. The van der Waals surface area contributed by atoms with Gasteiger partial charge in [0.15, 0.2) is 16.6 Å². The molecular formula is C26H22N4O6S2. The zero-order valence-electron chi connectivity index (χ0n) is 20.3. The van der Waals surface area contributed by atoms with Crippen LogP contribution in [-0.2, 0) is 4.79 Å². The van der Waals surface area contributed by atoms with Gasteiger partial charge >= 0.3 is 0 Å². The van der Waals surface area contributed by atoms with E-state index in [1.165, 1.54) is 47.4 Å². The molecule has 12 heteroatoms. The summed E-state index contributed by atoms with van der Waals surface area (Å²) < 4.78 is 10.6. The number of non-ortho nitro benzene ring substituents is 1. The number of ether oxygens (including phenoxy) is 2. The first kappa shape index (κ1) is 26.6. The number of anilines is 2. The first-order valence-electron chi connectivity index (χ1n) is 11.1. The number of aromatic nitrogens is 1. The summed E-state index contributed by atoms with van der Waals surface area (Å²) in [5.41, 5.74) is 2.28. The zero-order valence-corrected chi connectivity index (χ0v) is 21.9. The fraction of sp³-hybridized carbons (Fsp3) is 0.115. The summed E-state index contributed by atoms with van der Waals surface area (Å²) in [5, 5.41) is 18.7. The van der Waals surface area contributed by atoms with Crippen molar-refractivity contribution in [2.24, 2.45) is 0 Å². The molecule has 0 saturated carbocycles. The molecule has 4 aromatic rings. The molecule has 2 amide bonds. The van der Waals surface area contributed by atoms with Crippen LogP contribution in [0, 0.1) is 10.1 Å². The Morgan fingerprint density at radius 1 is 1.00 bits per heavy atom. The molecule has 0 atom stereocenters. The van der Waals surface area contributed by atoms with Gasteiger partial charge in [-0.05, 0) is 48.5 Å². The van der Waals surface area contributed by atoms with Crippen LogP contribution >= 0.6 is 23.1 Å². The van der Waals surface area contributed by atoms with Crippen molar-refractivity contribution < 1.29 is 24.0 Å². The Morgan fingerprint density at radius 3 is 2.47 bits per heavy atom. The Morgan fingerprint density at radius 2 is 1.76 bits per heavy atom. The molecule has 0 unspecified atom stereocenters. The van der Waals surface area contributed by atoms with E-state index in [2.05, 4.69) is 15.6 Å². The largest absolute Gasteiger partial charge is 0.493 e. The fourth-order valence-electron chi connectivity index (χ4n) is 3.36. The summed E-state index contributed by atoms with van der Waals surface area (Å²) in [6.45, 7) is 0. The zero-order chi connectivity index (χ0) is 27.1. The number of nitro groups is 1. The molecule has 0 saturated heterocycles. The number of rotatable bonds is 10.